The van der Waals surface area contributed by atoms with Crippen molar-refractivity contribution in [1.82, 2.24) is 0 Å². The van der Waals surface area contributed by atoms with Crippen LogP contribution in [-0.2, 0) is 20.7 Å². The second kappa shape index (κ2) is 8.75. The van der Waals surface area contributed by atoms with Crippen LogP contribution in [-0.4, -0.2) is 23.4 Å². The van der Waals surface area contributed by atoms with E-state index in [0.717, 1.165) is 12.8 Å². The Hall–Kier alpha value is -1.29. The first-order valence-corrected chi connectivity index (χ1v) is 7.00. The molecule has 0 aliphatic heterocycles. The van der Waals surface area contributed by atoms with Gasteiger partial charge in [-0.2, -0.15) is 0 Å². The minimum absolute atomic E-state index is 0.196. The van der Waals surface area contributed by atoms with Gasteiger partial charge in [0.25, 0.3) is 0 Å². The predicted molar refractivity (Wildman–Crippen MR) is 73.5 cm³/mol. The van der Waals surface area contributed by atoms with Crippen LogP contribution in [0.15, 0.2) is 30.3 Å². The fraction of sp³-hybridized carbons (Fsp3) is 0.429. The van der Waals surface area contributed by atoms with Crippen molar-refractivity contribution in [2.75, 3.05) is 12.4 Å². The first-order chi connectivity index (χ1) is 8.68. The first-order valence-electron chi connectivity index (χ1n) is 6.01. The Labute approximate surface area is 112 Å². The average Bonchev–Trinajstić information content (AvgIpc) is 2.37. The Bertz CT molecular complexity index is 376. The highest BCUT2D eigenvalue weighted by Crippen LogP contribution is 2.11. The zero-order chi connectivity index (χ0) is 13.2. The third-order valence-corrected chi connectivity index (χ3v) is 3.34. The monoisotopic (exact) mass is 266 g/mol. The number of carbonyl (C=O) groups is 2. The van der Waals surface area contributed by atoms with Gasteiger partial charge in [0.15, 0.2) is 5.12 Å². The molecule has 0 aromatic heterocycles. The molecule has 0 radical (unpaired) electrons. The van der Waals surface area contributed by atoms with Crippen molar-refractivity contribution < 1.29 is 14.3 Å². The number of hydrogen-bond donors (Lipinski definition) is 0. The van der Waals surface area contributed by atoms with Gasteiger partial charge in [-0.25, -0.2) is 0 Å². The average molecular weight is 266 g/mol. The van der Waals surface area contributed by atoms with Gasteiger partial charge in [0.2, 0.25) is 0 Å². The van der Waals surface area contributed by atoms with Gasteiger partial charge < -0.3 is 4.74 Å². The lowest BCUT2D eigenvalue weighted by Crippen LogP contribution is -2.03. The normalized spacial score (nSPS) is 10.1. The maximum atomic E-state index is 11.6. The van der Waals surface area contributed by atoms with Crippen LogP contribution in [0.1, 0.15) is 25.3 Å². The van der Waals surface area contributed by atoms with Crippen molar-refractivity contribution >= 4 is 22.8 Å². The molecule has 1 aromatic rings. The Morgan fingerprint density at radius 1 is 1.22 bits per heavy atom. The van der Waals surface area contributed by atoms with Gasteiger partial charge in [0.1, 0.15) is 0 Å². The second-order valence-electron chi connectivity index (χ2n) is 3.90. The maximum Gasteiger partial charge on any atom is 0.302 e. The van der Waals surface area contributed by atoms with Crippen molar-refractivity contribution in [3.8, 4) is 0 Å². The van der Waals surface area contributed by atoms with Crippen molar-refractivity contribution in [1.29, 1.82) is 0 Å². The largest absolute Gasteiger partial charge is 0.466 e. The number of thioether (sulfide) groups is 1. The summed E-state index contributed by atoms with van der Waals surface area (Å²) in [6.45, 7) is 1.78. The molecule has 0 saturated carbocycles. The predicted octanol–water partition coefficient (Wildman–Crippen LogP) is 2.83. The van der Waals surface area contributed by atoms with E-state index in [2.05, 4.69) is 0 Å². The maximum absolute atomic E-state index is 11.6. The molecule has 1 rings (SSSR count). The summed E-state index contributed by atoms with van der Waals surface area (Å²) >= 11 is 1.32. The summed E-state index contributed by atoms with van der Waals surface area (Å²) in [6, 6.07) is 9.98. The summed E-state index contributed by atoms with van der Waals surface area (Å²) in [5.41, 5.74) is 1.19. The number of aryl methyl sites for hydroxylation is 1. The number of carbonyl (C=O) groups excluding carboxylic acids is 2. The fourth-order valence-corrected chi connectivity index (χ4v) is 2.16. The molecule has 0 N–H and O–H groups in total. The van der Waals surface area contributed by atoms with Crippen LogP contribution in [0.5, 0.6) is 0 Å². The SMILES string of the molecule is CC(=O)OCCCSC(=O)CCc1ccccc1. The summed E-state index contributed by atoms with van der Waals surface area (Å²) < 4.78 is 4.79. The number of ether oxygens (including phenoxy) is 1. The van der Waals surface area contributed by atoms with E-state index in [4.69, 9.17) is 4.74 Å². The number of benzene rings is 1. The van der Waals surface area contributed by atoms with E-state index in [1.165, 1.54) is 24.2 Å². The molecule has 98 valence electrons. The van der Waals surface area contributed by atoms with Gasteiger partial charge in [-0.3, -0.25) is 9.59 Å². The molecule has 1 aromatic carbocycles. The number of esters is 1. The van der Waals surface area contributed by atoms with Crippen LogP contribution in [0.3, 0.4) is 0 Å². The van der Waals surface area contributed by atoms with Gasteiger partial charge in [-0.1, -0.05) is 42.1 Å². The molecular weight excluding hydrogens is 248 g/mol. The molecule has 0 heterocycles. The van der Waals surface area contributed by atoms with Crippen molar-refractivity contribution in [2.24, 2.45) is 0 Å². The zero-order valence-electron chi connectivity index (χ0n) is 10.6. The van der Waals surface area contributed by atoms with E-state index in [1.807, 2.05) is 30.3 Å². The van der Waals surface area contributed by atoms with Crippen LogP contribution < -0.4 is 0 Å². The molecule has 0 atom stereocenters. The molecule has 3 nitrogen and oxygen atoms in total. The lowest BCUT2D eigenvalue weighted by Gasteiger charge is -2.02. The van der Waals surface area contributed by atoms with E-state index >= 15 is 0 Å². The van der Waals surface area contributed by atoms with Gasteiger partial charge in [-0.15, -0.1) is 0 Å². The van der Waals surface area contributed by atoms with Crippen LogP contribution >= 0.6 is 11.8 Å². The highest BCUT2D eigenvalue weighted by Gasteiger charge is 2.03. The van der Waals surface area contributed by atoms with Crippen LogP contribution in [0.2, 0.25) is 0 Å². The minimum Gasteiger partial charge on any atom is -0.466 e. The molecule has 4 heteroatoms. The molecular formula is C14H18O3S. The molecule has 0 saturated heterocycles. The third-order valence-electron chi connectivity index (χ3n) is 2.32. The molecule has 0 amide bonds. The Kier molecular flexibility index (Phi) is 7.18. The highest BCUT2D eigenvalue weighted by molar-refractivity contribution is 8.13. The van der Waals surface area contributed by atoms with Crippen LogP contribution in [0.4, 0.5) is 0 Å². The number of rotatable bonds is 7. The van der Waals surface area contributed by atoms with Gasteiger partial charge in [0, 0.05) is 19.1 Å². The minimum atomic E-state index is -0.268. The molecule has 0 bridgehead atoms. The standard InChI is InChI=1S/C14H18O3S/c1-12(15)17-10-5-11-18-14(16)9-8-13-6-3-2-4-7-13/h2-4,6-7H,5,8-11H2,1H3. The molecule has 0 unspecified atom stereocenters. The van der Waals surface area contributed by atoms with Crippen molar-refractivity contribution in [3.63, 3.8) is 0 Å². The van der Waals surface area contributed by atoms with Crippen LogP contribution in [0, 0.1) is 0 Å². The number of hydrogen-bond acceptors (Lipinski definition) is 4. The van der Waals surface area contributed by atoms with Gasteiger partial charge >= 0.3 is 5.97 Å². The fourth-order valence-electron chi connectivity index (χ4n) is 1.42. The molecule has 0 fully saturated rings. The molecule has 0 spiro atoms. The van der Waals surface area contributed by atoms with Gasteiger partial charge in [0.05, 0.1) is 6.61 Å². The van der Waals surface area contributed by atoms with Crippen molar-refractivity contribution in [3.05, 3.63) is 35.9 Å². The van der Waals surface area contributed by atoms with E-state index in [-0.39, 0.29) is 11.1 Å². The molecule has 0 aliphatic carbocycles. The third kappa shape index (κ3) is 7.12. The quantitative estimate of drug-likeness (QED) is 0.562. The Morgan fingerprint density at radius 3 is 2.61 bits per heavy atom. The summed E-state index contributed by atoms with van der Waals surface area (Å²) in [6.07, 6.45) is 2.07. The highest BCUT2D eigenvalue weighted by atomic mass is 32.2. The molecule has 0 aliphatic rings. The summed E-state index contributed by atoms with van der Waals surface area (Å²) in [5.74, 6) is 0.441. The summed E-state index contributed by atoms with van der Waals surface area (Å²) in [5, 5.41) is 0.196. The molecule has 18 heavy (non-hydrogen) atoms. The lowest BCUT2D eigenvalue weighted by atomic mass is 10.1. The second-order valence-corrected chi connectivity index (χ2v) is 5.05. The lowest BCUT2D eigenvalue weighted by molar-refractivity contribution is -0.140. The smallest absolute Gasteiger partial charge is 0.302 e. The zero-order valence-corrected chi connectivity index (χ0v) is 11.4. The van der Waals surface area contributed by atoms with E-state index in [1.54, 1.807) is 0 Å². The summed E-state index contributed by atoms with van der Waals surface area (Å²) in [7, 11) is 0. The van der Waals surface area contributed by atoms with E-state index < -0.39 is 0 Å². The van der Waals surface area contributed by atoms with Gasteiger partial charge in [-0.05, 0) is 18.4 Å². The Balaban J connectivity index is 2.06. The summed E-state index contributed by atoms with van der Waals surface area (Å²) in [4.78, 5) is 22.1. The topological polar surface area (TPSA) is 43.4 Å². The Morgan fingerprint density at radius 2 is 1.94 bits per heavy atom. The van der Waals surface area contributed by atoms with Crippen LogP contribution in [0.25, 0.3) is 0 Å². The van der Waals surface area contributed by atoms with E-state index in [0.29, 0.717) is 18.8 Å². The van der Waals surface area contributed by atoms with E-state index in [9.17, 15) is 9.59 Å². The van der Waals surface area contributed by atoms with Crippen molar-refractivity contribution in [2.45, 2.75) is 26.2 Å². The first kappa shape index (κ1) is 14.8.